The number of alkyl halides is 1. The first-order valence-corrected chi connectivity index (χ1v) is 7.58. The minimum atomic E-state index is -1.39. The smallest absolute Gasteiger partial charge is 0.306 e. The number of esters is 1. The third kappa shape index (κ3) is 3.28. The molecule has 0 radical (unpaired) electrons. The summed E-state index contributed by atoms with van der Waals surface area (Å²) in [7, 11) is 0. The molecule has 0 unspecified atom stereocenters. The molecule has 5 atom stereocenters. The second-order valence-electron chi connectivity index (χ2n) is 6.06. The lowest BCUT2D eigenvalue weighted by atomic mass is 9.88. The molecule has 0 N–H and O–H groups in total. The van der Waals surface area contributed by atoms with E-state index in [1.54, 1.807) is 6.08 Å². The number of hydrogen-bond donors (Lipinski definition) is 0. The van der Waals surface area contributed by atoms with E-state index in [1.807, 2.05) is 6.92 Å². The summed E-state index contributed by atoms with van der Waals surface area (Å²) in [5.41, 5.74) is 0. The summed E-state index contributed by atoms with van der Waals surface area (Å²) in [6, 6.07) is 0. The van der Waals surface area contributed by atoms with E-state index < -0.39 is 12.0 Å². The standard InChI is InChI=1S/C16H23FO3/c1-3-4-5-13(17)14(18)7-6-11-10(2)8-15-12(11)9-16(19)20-15/h6-7,10-13,15H,3-5,8-9H2,1-2H3/t10-,11+,12-,13+,15+/m1/s1. The molecule has 20 heavy (non-hydrogen) atoms. The molecule has 3 nitrogen and oxygen atoms in total. The summed E-state index contributed by atoms with van der Waals surface area (Å²) >= 11 is 0. The molecule has 112 valence electrons. The van der Waals surface area contributed by atoms with Gasteiger partial charge >= 0.3 is 5.97 Å². The van der Waals surface area contributed by atoms with Crippen LogP contribution in [0.4, 0.5) is 4.39 Å². The predicted molar refractivity (Wildman–Crippen MR) is 73.8 cm³/mol. The van der Waals surface area contributed by atoms with Gasteiger partial charge in [0.05, 0.1) is 6.42 Å². The number of unbranched alkanes of at least 4 members (excludes halogenated alkanes) is 1. The number of carbonyl (C=O) groups excluding carboxylic acids is 2. The molecule has 1 aliphatic carbocycles. The van der Waals surface area contributed by atoms with Crippen molar-refractivity contribution in [2.45, 2.75) is 58.2 Å². The van der Waals surface area contributed by atoms with Crippen molar-refractivity contribution < 1.29 is 18.7 Å². The lowest BCUT2D eigenvalue weighted by Crippen LogP contribution is -2.16. The van der Waals surface area contributed by atoms with E-state index >= 15 is 0 Å². The largest absolute Gasteiger partial charge is 0.462 e. The number of allylic oxidation sites excluding steroid dienone is 2. The minimum Gasteiger partial charge on any atom is -0.462 e. The van der Waals surface area contributed by atoms with Crippen molar-refractivity contribution in [1.29, 1.82) is 0 Å². The molecule has 0 aromatic rings. The molecule has 2 fully saturated rings. The molecule has 1 saturated heterocycles. The van der Waals surface area contributed by atoms with Crippen LogP contribution in [0.25, 0.3) is 0 Å². The molecule has 2 rings (SSSR count). The summed E-state index contributed by atoms with van der Waals surface area (Å²) < 4.78 is 18.9. The molecule has 4 heteroatoms. The first-order chi connectivity index (χ1) is 9.52. The van der Waals surface area contributed by atoms with E-state index in [0.717, 1.165) is 19.3 Å². The highest BCUT2D eigenvalue weighted by Crippen LogP contribution is 2.45. The zero-order valence-corrected chi connectivity index (χ0v) is 12.2. The first-order valence-electron chi connectivity index (χ1n) is 7.58. The third-order valence-corrected chi connectivity index (χ3v) is 4.52. The Kier molecular flexibility index (Phi) is 4.95. The molecule has 0 aromatic heterocycles. The van der Waals surface area contributed by atoms with Gasteiger partial charge in [0, 0.05) is 5.92 Å². The van der Waals surface area contributed by atoms with Gasteiger partial charge in [0.25, 0.3) is 0 Å². The van der Waals surface area contributed by atoms with Gasteiger partial charge in [-0.25, -0.2) is 4.39 Å². The van der Waals surface area contributed by atoms with Crippen LogP contribution in [0.2, 0.25) is 0 Å². The summed E-state index contributed by atoms with van der Waals surface area (Å²) in [5, 5.41) is 0. The van der Waals surface area contributed by atoms with Gasteiger partial charge in [0.2, 0.25) is 0 Å². The average Bonchev–Trinajstić information content (AvgIpc) is 2.88. The fourth-order valence-electron chi connectivity index (χ4n) is 3.35. The number of rotatable bonds is 6. The Bertz CT molecular complexity index is 405. The molecule has 1 heterocycles. The predicted octanol–water partition coefficient (Wildman–Crippen LogP) is 3.23. The number of hydrogen-bond acceptors (Lipinski definition) is 3. The van der Waals surface area contributed by atoms with Gasteiger partial charge < -0.3 is 4.74 Å². The summed E-state index contributed by atoms with van der Waals surface area (Å²) in [5.74, 6) is 0.0853. The molecule has 0 amide bonds. The number of fused-ring (bicyclic) bond motifs is 1. The summed E-state index contributed by atoms with van der Waals surface area (Å²) in [4.78, 5) is 23.0. The second kappa shape index (κ2) is 6.51. The highest BCUT2D eigenvalue weighted by molar-refractivity contribution is 5.93. The Labute approximate surface area is 119 Å². The fraction of sp³-hybridized carbons (Fsp3) is 0.750. The number of carbonyl (C=O) groups is 2. The SMILES string of the molecule is CCCC[C@H](F)C(=O)C=C[C@@H]1[C@H]2CC(=O)O[C@H]2C[C@H]1C. The van der Waals surface area contributed by atoms with E-state index in [9.17, 15) is 14.0 Å². The van der Waals surface area contributed by atoms with Crippen LogP contribution < -0.4 is 0 Å². The number of ether oxygens (including phenoxy) is 1. The highest BCUT2D eigenvalue weighted by Gasteiger charge is 2.47. The van der Waals surface area contributed by atoms with E-state index in [2.05, 4.69) is 6.92 Å². The van der Waals surface area contributed by atoms with Crippen molar-refractivity contribution >= 4 is 11.8 Å². The van der Waals surface area contributed by atoms with E-state index in [1.165, 1.54) is 6.08 Å². The van der Waals surface area contributed by atoms with Crippen LogP contribution in [0.5, 0.6) is 0 Å². The average molecular weight is 282 g/mol. The summed E-state index contributed by atoms with van der Waals surface area (Å²) in [6.45, 7) is 4.07. The Morgan fingerprint density at radius 2 is 2.30 bits per heavy atom. The topological polar surface area (TPSA) is 43.4 Å². The van der Waals surface area contributed by atoms with Gasteiger partial charge in [-0.15, -0.1) is 0 Å². The molecule has 1 aliphatic heterocycles. The number of halogens is 1. The lowest BCUT2D eigenvalue weighted by Gasteiger charge is -2.15. The van der Waals surface area contributed by atoms with Crippen LogP contribution in [0.3, 0.4) is 0 Å². The van der Waals surface area contributed by atoms with Crippen molar-refractivity contribution in [1.82, 2.24) is 0 Å². The van der Waals surface area contributed by atoms with Crippen LogP contribution in [0.1, 0.15) is 46.0 Å². The van der Waals surface area contributed by atoms with Gasteiger partial charge in [0.1, 0.15) is 6.10 Å². The van der Waals surface area contributed by atoms with Crippen molar-refractivity contribution in [3.8, 4) is 0 Å². The fourth-order valence-corrected chi connectivity index (χ4v) is 3.35. The first kappa shape index (κ1) is 15.2. The van der Waals surface area contributed by atoms with Gasteiger partial charge in [-0.1, -0.05) is 32.8 Å². The van der Waals surface area contributed by atoms with Crippen molar-refractivity contribution in [3.63, 3.8) is 0 Å². The van der Waals surface area contributed by atoms with Crippen molar-refractivity contribution in [2.24, 2.45) is 17.8 Å². The molecule has 2 aliphatic rings. The van der Waals surface area contributed by atoms with Crippen LogP contribution >= 0.6 is 0 Å². The molecule has 0 bridgehead atoms. The minimum absolute atomic E-state index is 0.0106. The van der Waals surface area contributed by atoms with Gasteiger partial charge in [0.15, 0.2) is 12.0 Å². The normalized spacial score (nSPS) is 34.2. The molecular weight excluding hydrogens is 259 g/mol. The van der Waals surface area contributed by atoms with Gasteiger partial charge in [-0.3, -0.25) is 9.59 Å². The van der Waals surface area contributed by atoms with Gasteiger partial charge in [-0.05, 0) is 30.8 Å². The zero-order chi connectivity index (χ0) is 14.7. The Hall–Kier alpha value is -1.19. The highest BCUT2D eigenvalue weighted by atomic mass is 19.1. The van der Waals surface area contributed by atoms with E-state index in [-0.39, 0.29) is 23.9 Å². The monoisotopic (exact) mass is 282 g/mol. The lowest BCUT2D eigenvalue weighted by molar-refractivity contribution is -0.141. The quantitative estimate of drug-likeness (QED) is 0.555. The maximum atomic E-state index is 13.6. The van der Waals surface area contributed by atoms with Crippen LogP contribution in [0, 0.1) is 17.8 Å². The summed E-state index contributed by atoms with van der Waals surface area (Å²) in [6.07, 6.45) is 4.97. The van der Waals surface area contributed by atoms with Crippen LogP contribution in [0.15, 0.2) is 12.2 Å². The maximum Gasteiger partial charge on any atom is 0.306 e. The van der Waals surface area contributed by atoms with Gasteiger partial charge in [-0.2, -0.15) is 0 Å². The maximum absolute atomic E-state index is 13.6. The molecule has 0 aromatic carbocycles. The van der Waals surface area contributed by atoms with E-state index in [4.69, 9.17) is 4.74 Å². The molecule has 1 saturated carbocycles. The third-order valence-electron chi connectivity index (χ3n) is 4.52. The zero-order valence-electron chi connectivity index (χ0n) is 12.2. The van der Waals surface area contributed by atoms with E-state index in [0.29, 0.717) is 18.8 Å². The number of ketones is 1. The van der Waals surface area contributed by atoms with Crippen LogP contribution in [-0.2, 0) is 14.3 Å². The van der Waals surface area contributed by atoms with Crippen molar-refractivity contribution in [2.75, 3.05) is 0 Å². The molecular formula is C16H23FO3. The van der Waals surface area contributed by atoms with Crippen LogP contribution in [-0.4, -0.2) is 24.0 Å². The van der Waals surface area contributed by atoms with Crippen molar-refractivity contribution in [3.05, 3.63) is 12.2 Å². The second-order valence-corrected chi connectivity index (χ2v) is 6.06. The Morgan fingerprint density at radius 3 is 3.00 bits per heavy atom. The Balaban J connectivity index is 1.93. The molecule has 0 spiro atoms. The Morgan fingerprint density at radius 1 is 1.55 bits per heavy atom.